The molecule has 1 unspecified atom stereocenters. The molecule has 1 aliphatic heterocycles. The maximum absolute atomic E-state index is 12.5. The van der Waals surface area contributed by atoms with Gasteiger partial charge in [0.2, 0.25) is 11.8 Å². The number of hydrogen-bond donors (Lipinski definition) is 1. The van der Waals surface area contributed by atoms with Crippen molar-refractivity contribution < 1.29 is 19.1 Å². The van der Waals surface area contributed by atoms with Crippen molar-refractivity contribution in [3.8, 4) is 5.75 Å². The lowest BCUT2D eigenvalue weighted by Gasteiger charge is -2.23. The van der Waals surface area contributed by atoms with Gasteiger partial charge in [-0.15, -0.1) is 11.3 Å². The number of nitrogens with zero attached hydrogens (tertiary/aromatic N) is 2. The van der Waals surface area contributed by atoms with Gasteiger partial charge in [0.05, 0.1) is 23.2 Å². The van der Waals surface area contributed by atoms with E-state index < -0.39 is 0 Å². The van der Waals surface area contributed by atoms with E-state index in [-0.39, 0.29) is 17.9 Å². The molecule has 0 radical (unpaired) electrons. The first kappa shape index (κ1) is 23.7. The molecule has 1 fully saturated rings. The van der Waals surface area contributed by atoms with Crippen LogP contribution < -0.4 is 15.0 Å². The Balaban J connectivity index is 1.38. The molecule has 0 aliphatic carbocycles. The van der Waals surface area contributed by atoms with Crippen LogP contribution >= 0.6 is 11.3 Å². The molecule has 4 rings (SSSR count). The van der Waals surface area contributed by atoms with E-state index >= 15 is 0 Å². The molecule has 0 saturated carbocycles. The first-order chi connectivity index (χ1) is 16.6. The standard InChI is InChI=1S/C26H27N3O4S/c1-19(30)29(21-9-3-2-4-10-21)26-27-20(18-34-26)14-15-25(31)28-23-12-5-6-13-24(23)33-17-22-11-7-8-16-32-22/h2-6,9-10,12-15,18,22H,7-8,11,16-17H2,1H3,(H,28,31)/b15-14+. The van der Waals surface area contributed by atoms with Crippen LogP contribution in [-0.2, 0) is 14.3 Å². The van der Waals surface area contributed by atoms with Gasteiger partial charge in [-0.2, -0.15) is 0 Å². The number of amides is 2. The van der Waals surface area contributed by atoms with Gasteiger partial charge in [0.25, 0.3) is 0 Å². The number of rotatable bonds is 8. The van der Waals surface area contributed by atoms with E-state index in [4.69, 9.17) is 9.47 Å². The number of aromatic nitrogens is 1. The molecule has 8 heteroatoms. The fourth-order valence-electron chi connectivity index (χ4n) is 3.61. The molecular formula is C26H27N3O4S. The lowest BCUT2D eigenvalue weighted by molar-refractivity contribution is -0.116. The van der Waals surface area contributed by atoms with Crippen molar-refractivity contribution >= 4 is 45.7 Å². The highest BCUT2D eigenvalue weighted by atomic mass is 32.1. The summed E-state index contributed by atoms with van der Waals surface area (Å²) in [4.78, 5) is 30.8. The van der Waals surface area contributed by atoms with Crippen molar-refractivity contribution in [1.82, 2.24) is 4.98 Å². The second-order valence-corrected chi connectivity index (χ2v) is 8.70. The molecule has 1 saturated heterocycles. The first-order valence-corrected chi connectivity index (χ1v) is 12.1. The van der Waals surface area contributed by atoms with Gasteiger partial charge in [0, 0.05) is 25.0 Å². The molecule has 0 spiro atoms. The normalized spacial score (nSPS) is 15.7. The topological polar surface area (TPSA) is 80.8 Å². The lowest BCUT2D eigenvalue weighted by atomic mass is 10.1. The van der Waals surface area contributed by atoms with E-state index in [1.165, 1.54) is 24.3 Å². The van der Waals surface area contributed by atoms with Crippen LogP contribution in [-0.4, -0.2) is 36.1 Å². The molecule has 1 atom stereocenters. The number of thiazole rings is 1. The Bertz CT molecular complexity index is 1140. The van der Waals surface area contributed by atoms with Crippen molar-refractivity contribution in [1.29, 1.82) is 0 Å². The minimum Gasteiger partial charge on any atom is -0.489 e. The Labute approximate surface area is 203 Å². The molecule has 34 heavy (non-hydrogen) atoms. The number of benzene rings is 2. The van der Waals surface area contributed by atoms with Gasteiger partial charge < -0.3 is 14.8 Å². The van der Waals surface area contributed by atoms with Gasteiger partial charge in [-0.3, -0.25) is 14.5 Å². The summed E-state index contributed by atoms with van der Waals surface area (Å²) >= 11 is 1.34. The molecule has 1 aliphatic rings. The SMILES string of the molecule is CC(=O)N(c1ccccc1)c1nc(/C=C/C(=O)Nc2ccccc2OCC2CCCCO2)cs1. The van der Waals surface area contributed by atoms with Crippen molar-refractivity contribution in [2.24, 2.45) is 0 Å². The number of carbonyl (C=O) groups is 2. The van der Waals surface area contributed by atoms with Crippen LogP contribution in [0.15, 0.2) is 66.1 Å². The predicted molar refractivity (Wildman–Crippen MR) is 135 cm³/mol. The van der Waals surface area contributed by atoms with Gasteiger partial charge in [-0.25, -0.2) is 4.98 Å². The monoisotopic (exact) mass is 477 g/mol. The number of anilines is 3. The highest BCUT2D eigenvalue weighted by Gasteiger charge is 2.18. The number of ether oxygens (including phenoxy) is 2. The Morgan fingerprint density at radius 2 is 1.97 bits per heavy atom. The average molecular weight is 478 g/mol. The summed E-state index contributed by atoms with van der Waals surface area (Å²) in [5.74, 6) is 0.171. The van der Waals surface area contributed by atoms with E-state index in [0.29, 0.717) is 28.9 Å². The van der Waals surface area contributed by atoms with Crippen LogP contribution in [0.4, 0.5) is 16.5 Å². The molecule has 7 nitrogen and oxygen atoms in total. The molecule has 2 aromatic carbocycles. The quantitative estimate of drug-likeness (QED) is 0.438. The summed E-state index contributed by atoms with van der Waals surface area (Å²) in [6, 6.07) is 16.7. The zero-order valence-electron chi connectivity index (χ0n) is 19.0. The Hall–Kier alpha value is -3.49. The third-order valence-corrected chi connectivity index (χ3v) is 6.12. The average Bonchev–Trinajstić information content (AvgIpc) is 3.32. The Kier molecular flexibility index (Phi) is 8.06. The molecule has 2 heterocycles. The van der Waals surface area contributed by atoms with Crippen LogP contribution in [0.5, 0.6) is 5.75 Å². The van der Waals surface area contributed by atoms with Crippen LogP contribution in [0.2, 0.25) is 0 Å². The molecule has 2 amide bonds. The number of para-hydroxylation sites is 3. The van der Waals surface area contributed by atoms with Gasteiger partial charge in [0.1, 0.15) is 12.4 Å². The van der Waals surface area contributed by atoms with E-state index in [0.717, 1.165) is 31.6 Å². The Morgan fingerprint density at radius 1 is 1.18 bits per heavy atom. The Morgan fingerprint density at radius 3 is 2.74 bits per heavy atom. The van der Waals surface area contributed by atoms with Crippen LogP contribution in [0.1, 0.15) is 31.9 Å². The van der Waals surface area contributed by atoms with Crippen LogP contribution in [0, 0.1) is 0 Å². The molecule has 1 N–H and O–H groups in total. The minimum absolute atomic E-state index is 0.0849. The summed E-state index contributed by atoms with van der Waals surface area (Å²) in [5, 5.41) is 5.21. The van der Waals surface area contributed by atoms with E-state index in [9.17, 15) is 9.59 Å². The largest absolute Gasteiger partial charge is 0.489 e. The van der Waals surface area contributed by atoms with Crippen molar-refractivity contribution in [3.05, 3.63) is 71.7 Å². The van der Waals surface area contributed by atoms with Gasteiger partial charge in [-0.05, 0) is 49.6 Å². The maximum atomic E-state index is 12.5. The molecule has 0 bridgehead atoms. The summed E-state index contributed by atoms with van der Waals surface area (Å²) in [6.45, 7) is 2.72. The van der Waals surface area contributed by atoms with Crippen molar-refractivity contribution in [3.63, 3.8) is 0 Å². The second-order valence-electron chi connectivity index (χ2n) is 7.86. The molecule has 176 valence electrons. The fourth-order valence-corrected chi connectivity index (χ4v) is 4.47. The first-order valence-electron chi connectivity index (χ1n) is 11.2. The summed E-state index contributed by atoms with van der Waals surface area (Å²) in [5.41, 5.74) is 1.93. The number of carbonyl (C=O) groups excluding carboxylic acids is 2. The fraction of sp³-hybridized carbons (Fsp3) is 0.269. The highest BCUT2D eigenvalue weighted by Crippen LogP contribution is 2.29. The summed E-state index contributed by atoms with van der Waals surface area (Å²) in [6.07, 6.45) is 6.35. The predicted octanol–water partition coefficient (Wildman–Crippen LogP) is 5.43. The smallest absolute Gasteiger partial charge is 0.248 e. The highest BCUT2D eigenvalue weighted by molar-refractivity contribution is 7.14. The summed E-state index contributed by atoms with van der Waals surface area (Å²) in [7, 11) is 0. The molecular weight excluding hydrogens is 450 g/mol. The third kappa shape index (κ3) is 6.30. The number of nitrogens with one attached hydrogen (secondary N) is 1. The third-order valence-electron chi connectivity index (χ3n) is 5.28. The van der Waals surface area contributed by atoms with E-state index in [1.54, 1.807) is 22.4 Å². The molecule has 1 aromatic heterocycles. The van der Waals surface area contributed by atoms with Gasteiger partial charge >= 0.3 is 0 Å². The van der Waals surface area contributed by atoms with Crippen LogP contribution in [0.3, 0.4) is 0 Å². The summed E-state index contributed by atoms with van der Waals surface area (Å²) < 4.78 is 11.6. The molecule has 3 aromatic rings. The zero-order valence-corrected chi connectivity index (χ0v) is 19.8. The zero-order chi connectivity index (χ0) is 23.8. The van der Waals surface area contributed by atoms with E-state index in [1.807, 2.05) is 48.5 Å². The minimum atomic E-state index is -0.300. The second kappa shape index (κ2) is 11.6. The van der Waals surface area contributed by atoms with Gasteiger partial charge in [0.15, 0.2) is 5.13 Å². The van der Waals surface area contributed by atoms with Crippen LogP contribution in [0.25, 0.3) is 6.08 Å². The number of hydrogen-bond acceptors (Lipinski definition) is 6. The lowest BCUT2D eigenvalue weighted by Crippen LogP contribution is -2.26. The van der Waals surface area contributed by atoms with E-state index in [2.05, 4.69) is 10.3 Å². The van der Waals surface area contributed by atoms with Crippen molar-refractivity contribution in [2.45, 2.75) is 32.3 Å². The maximum Gasteiger partial charge on any atom is 0.248 e. The van der Waals surface area contributed by atoms with Crippen molar-refractivity contribution in [2.75, 3.05) is 23.4 Å². The van der Waals surface area contributed by atoms with Gasteiger partial charge in [-0.1, -0.05) is 30.3 Å².